The largest absolute Gasteiger partial charge is 0.393 e. The second kappa shape index (κ2) is 3.60. The standard InChI is InChI=1S/C13H14BrNO/c1-15-12-4-2-8(14)6-10(12)11-7-9(16)3-5-13(11)15/h2,4,6,9,16H,3,5,7H2,1H3. The van der Waals surface area contributed by atoms with E-state index >= 15 is 0 Å². The van der Waals surface area contributed by atoms with E-state index in [4.69, 9.17) is 0 Å². The van der Waals surface area contributed by atoms with Crippen LogP contribution >= 0.6 is 15.9 Å². The number of aryl methyl sites for hydroxylation is 1. The third-order valence-corrected chi connectivity index (χ3v) is 4.05. The third kappa shape index (κ3) is 1.42. The summed E-state index contributed by atoms with van der Waals surface area (Å²) in [6, 6.07) is 6.38. The molecule has 1 heterocycles. The van der Waals surface area contributed by atoms with Gasteiger partial charge in [-0.3, -0.25) is 0 Å². The molecule has 1 aromatic heterocycles. The van der Waals surface area contributed by atoms with Gasteiger partial charge in [0.25, 0.3) is 0 Å². The molecule has 0 radical (unpaired) electrons. The second-order valence-corrected chi connectivity index (χ2v) is 5.46. The van der Waals surface area contributed by atoms with Gasteiger partial charge in [-0.15, -0.1) is 0 Å². The van der Waals surface area contributed by atoms with Crippen LogP contribution < -0.4 is 0 Å². The Labute approximate surface area is 103 Å². The molecule has 1 aliphatic carbocycles. The minimum absolute atomic E-state index is 0.169. The molecule has 3 heteroatoms. The first kappa shape index (κ1) is 10.4. The van der Waals surface area contributed by atoms with Crippen LogP contribution in [0, 0.1) is 0 Å². The van der Waals surface area contributed by atoms with Crippen LogP contribution in [-0.2, 0) is 19.9 Å². The first-order chi connectivity index (χ1) is 7.66. The zero-order valence-corrected chi connectivity index (χ0v) is 10.8. The number of aliphatic hydroxyl groups excluding tert-OH is 1. The Morgan fingerprint density at radius 3 is 3.06 bits per heavy atom. The van der Waals surface area contributed by atoms with E-state index < -0.39 is 0 Å². The van der Waals surface area contributed by atoms with Gasteiger partial charge in [-0.05, 0) is 36.6 Å². The average Bonchev–Trinajstić information content (AvgIpc) is 2.52. The molecule has 0 saturated carbocycles. The van der Waals surface area contributed by atoms with Crippen molar-refractivity contribution < 1.29 is 5.11 Å². The van der Waals surface area contributed by atoms with Gasteiger partial charge in [-0.25, -0.2) is 0 Å². The summed E-state index contributed by atoms with van der Waals surface area (Å²) < 4.78 is 3.37. The van der Waals surface area contributed by atoms with Crippen LogP contribution in [0.3, 0.4) is 0 Å². The normalized spacial score (nSPS) is 20.1. The molecule has 0 amide bonds. The number of aliphatic hydroxyl groups is 1. The first-order valence-corrected chi connectivity index (χ1v) is 6.40. The highest BCUT2D eigenvalue weighted by molar-refractivity contribution is 9.10. The zero-order chi connectivity index (χ0) is 11.3. The van der Waals surface area contributed by atoms with E-state index in [0.717, 1.165) is 23.7 Å². The Hall–Kier alpha value is -0.800. The molecule has 2 aromatic rings. The molecule has 0 bridgehead atoms. The van der Waals surface area contributed by atoms with Crippen molar-refractivity contribution in [2.45, 2.75) is 25.4 Å². The summed E-state index contributed by atoms with van der Waals surface area (Å²) >= 11 is 3.51. The van der Waals surface area contributed by atoms with Gasteiger partial charge in [-0.1, -0.05) is 15.9 Å². The number of rotatable bonds is 0. The van der Waals surface area contributed by atoms with E-state index in [-0.39, 0.29) is 6.10 Å². The lowest BCUT2D eigenvalue weighted by atomic mass is 9.93. The molecule has 16 heavy (non-hydrogen) atoms. The van der Waals surface area contributed by atoms with Gasteiger partial charge in [0, 0.05) is 34.5 Å². The summed E-state index contributed by atoms with van der Waals surface area (Å²) in [6.45, 7) is 0. The number of nitrogens with zero attached hydrogens (tertiary/aromatic N) is 1. The second-order valence-electron chi connectivity index (χ2n) is 4.54. The van der Waals surface area contributed by atoms with E-state index in [9.17, 15) is 5.11 Å². The predicted octanol–water partition coefficient (Wildman–Crippen LogP) is 2.79. The lowest BCUT2D eigenvalue weighted by molar-refractivity contribution is 0.158. The Balaban J connectivity index is 2.33. The van der Waals surface area contributed by atoms with Gasteiger partial charge in [-0.2, -0.15) is 0 Å². The fourth-order valence-corrected chi connectivity index (χ4v) is 3.09. The maximum Gasteiger partial charge on any atom is 0.0585 e. The molecule has 2 nitrogen and oxygen atoms in total. The Morgan fingerprint density at radius 2 is 2.25 bits per heavy atom. The summed E-state index contributed by atoms with van der Waals surface area (Å²) in [5.41, 5.74) is 3.98. The van der Waals surface area contributed by atoms with Gasteiger partial charge >= 0.3 is 0 Å². The number of hydrogen-bond donors (Lipinski definition) is 1. The van der Waals surface area contributed by atoms with E-state index in [2.05, 4.69) is 45.7 Å². The monoisotopic (exact) mass is 279 g/mol. The summed E-state index contributed by atoms with van der Waals surface area (Å²) in [4.78, 5) is 0. The fourth-order valence-electron chi connectivity index (χ4n) is 2.73. The van der Waals surface area contributed by atoms with Crippen LogP contribution in [0.5, 0.6) is 0 Å². The number of hydrogen-bond acceptors (Lipinski definition) is 1. The highest BCUT2D eigenvalue weighted by atomic mass is 79.9. The predicted molar refractivity (Wildman–Crippen MR) is 68.7 cm³/mol. The lowest BCUT2D eigenvalue weighted by Gasteiger charge is -2.18. The van der Waals surface area contributed by atoms with Crippen LogP contribution in [0.25, 0.3) is 10.9 Å². The molecule has 0 aliphatic heterocycles. The van der Waals surface area contributed by atoms with Gasteiger partial charge in [0.2, 0.25) is 0 Å². The number of fused-ring (bicyclic) bond motifs is 3. The highest BCUT2D eigenvalue weighted by Crippen LogP contribution is 2.32. The SMILES string of the molecule is Cn1c2c(c3cc(Br)ccc31)CC(O)CC2. The summed E-state index contributed by atoms with van der Waals surface area (Å²) in [5.74, 6) is 0. The molecule has 1 atom stereocenters. The van der Waals surface area contributed by atoms with Gasteiger partial charge in [0.15, 0.2) is 0 Å². The van der Waals surface area contributed by atoms with Crippen molar-refractivity contribution >= 4 is 26.8 Å². The third-order valence-electron chi connectivity index (χ3n) is 3.55. The smallest absolute Gasteiger partial charge is 0.0585 e. The maximum absolute atomic E-state index is 9.77. The molecule has 1 aliphatic rings. The van der Waals surface area contributed by atoms with Crippen molar-refractivity contribution in [1.29, 1.82) is 0 Å². The molecule has 0 saturated heterocycles. The Kier molecular flexibility index (Phi) is 2.33. The van der Waals surface area contributed by atoms with Crippen molar-refractivity contribution in [3.05, 3.63) is 33.9 Å². The van der Waals surface area contributed by atoms with E-state index in [0.29, 0.717) is 0 Å². The lowest BCUT2D eigenvalue weighted by Crippen LogP contribution is -2.19. The Bertz CT molecular complexity index is 559. The van der Waals surface area contributed by atoms with Crippen molar-refractivity contribution in [3.63, 3.8) is 0 Å². The van der Waals surface area contributed by atoms with Gasteiger partial charge < -0.3 is 9.67 Å². The van der Waals surface area contributed by atoms with E-state index in [1.54, 1.807) is 0 Å². The summed E-state index contributed by atoms with van der Waals surface area (Å²) in [5, 5.41) is 11.1. The van der Waals surface area contributed by atoms with Crippen LogP contribution in [0.1, 0.15) is 17.7 Å². The van der Waals surface area contributed by atoms with Crippen LogP contribution in [0.15, 0.2) is 22.7 Å². The fraction of sp³-hybridized carbons (Fsp3) is 0.385. The molecule has 0 spiro atoms. The molecule has 3 rings (SSSR count). The van der Waals surface area contributed by atoms with Crippen molar-refractivity contribution in [3.8, 4) is 0 Å². The van der Waals surface area contributed by atoms with E-state index in [1.807, 2.05) is 0 Å². The minimum atomic E-state index is -0.169. The number of halogens is 1. The summed E-state index contributed by atoms with van der Waals surface area (Å²) in [6.07, 6.45) is 2.50. The van der Waals surface area contributed by atoms with Crippen molar-refractivity contribution in [2.75, 3.05) is 0 Å². The van der Waals surface area contributed by atoms with Crippen molar-refractivity contribution in [1.82, 2.24) is 4.57 Å². The molecular formula is C13H14BrNO. The van der Waals surface area contributed by atoms with Crippen LogP contribution in [0.4, 0.5) is 0 Å². The van der Waals surface area contributed by atoms with Gasteiger partial charge in [0.1, 0.15) is 0 Å². The Morgan fingerprint density at radius 1 is 1.44 bits per heavy atom. The van der Waals surface area contributed by atoms with Crippen LogP contribution in [-0.4, -0.2) is 15.8 Å². The summed E-state index contributed by atoms with van der Waals surface area (Å²) in [7, 11) is 2.12. The number of benzene rings is 1. The molecule has 0 fully saturated rings. The van der Waals surface area contributed by atoms with Crippen molar-refractivity contribution in [2.24, 2.45) is 7.05 Å². The average molecular weight is 280 g/mol. The maximum atomic E-state index is 9.77. The minimum Gasteiger partial charge on any atom is -0.393 e. The highest BCUT2D eigenvalue weighted by Gasteiger charge is 2.22. The zero-order valence-electron chi connectivity index (χ0n) is 9.20. The molecule has 84 valence electrons. The molecule has 1 aromatic carbocycles. The molecular weight excluding hydrogens is 266 g/mol. The quantitative estimate of drug-likeness (QED) is 0.788. The first-order valence-electron chi connectivity index (χ1n) is 5.60. The van der Waals surface area contributed by atoms with Gasteiger partial charge in [0.05, 0.1) is 6.10 Å². The van der Waals surface area contributed by atoms with Crippen LogP contribution in [0.2, 0.25) is 0 Å². The molecule has 1 N–H and O–H groups in total. The topological polar surface area (TPSA) is 25.2 Å². The molecule has 1 unspecified atom stereocenters. The van der Waals surface area contributed by atoms with E-state index in [1.165, 1.54) is 22.2 Å². The number of aromatic nitrogens is 1.